The molecule has 16 atom stereocenters. The Morgan fingerprint density at radius 3 is 1.01 bits per heavy atom. The molecular formula is C68H112N4O34. The zero-order valence-corrected chi connectivity index (χ0v) is 61.7. The van der Waals surface area contributed by atoms with Gasteiger partial charge in [0.1, 0.15) is 57.4 Å². The van der Waals surface area contributed by atoms with Crippen molar-refractivity contribution in [2.24, 2.45) is 10.7 Å². The number of isocyanates is 1. The SMILES string of the molecule is CC[C@H](N)[C@@H](OC(C)=O)[C@H](OC(C)=O)[C@@H](COC(C)=O)OC(C)=O.CC[C@H](N=C=O)[C@@H](OC(C)=O)[C@H](OC(C)=O)[C@@H](COC(C)=O)OC(C)=O.CC[C@H](NC(=O)OCc1ccccc1)[C@@H](OC(C)=O)[C@H](OC(C)=O)[C@@H](COC(C)=O)OC(C)=O.O=C(N[C@@H](CO)[C@@H](O)[C@H](O)[C@H](O)CO)OCc1ccccc1.[2HH].[2H][2H].[2H][2H].[2H][2H].[2H][2H].[2H][2H]. The summed E-state index contributed by atoms with van der Waals surface area (Å²) < 4.78 is 121. The lowest BCUT2D eigenvalue weighted by Crippen LogP contribution is -2.56. The molecule has 2 aromatic rings. The smallest absolute Gasteiger partial charge is 0.407 e. The number of esters is 12. The van der Waals surface area contributed by atoms with E-state index in [0.29, 0.717) is 6.42 Å². The average Bonchev–Trinajstić information content (AvgIpc) is 0.844. The lowest BCUT2D eigenvalue weighted by molar-refractivity contribution is -0.191. The summed E-state index contributed by atoms with van der Waals surface area (Å²) in [6, 6.07) is 14.1. The number of nitrogens with two attached hydrogens (primary N) is 1. The predicted octanol–water partition coefficient (Wildman–Crippen LogP) is 2.42. The Morgan fingerprint density at radius 2 is 0.717 bits per heavy atom. The molecule has 0 spiro atoms. The number of aliphatic hydroxyl groups excluding tert-OH is 5. The molecule has 608 valence electrons. The van der Waals surface area contributed by atoms with Gasteiger partial charge in [-0.1, -0.05) is 81.4 Å². The van der Waals surface area contributed by atoms with E-state index in [2.05, 4.69) is 15.6 Å². The molecule has 2 amide bonds. The number of hydrogen-bond donors (Lipinski definition) is 8. The number of nitrogens with one attached hydrogen (secondary N) is 2. The molecule has 106 heavy (non-hydrogen) atoms. The zero-order chi connectivity index (χ0) is 91.3. The predicted molar refractivity (Wildman–Crippen MR) is 373 cm³/mol. The van der Waals surface area contributed by atoms with Crippen LogP contribution in [0.15, 0.2) is 65.7 Å². The lowest BCUT2D eigenvalue weighted by Gasteiger charge is -2.35. The quantitative estimate of drug-likeness (QED) is 0.0206. The molecule has 0 bridgehead atoms. The number of carbonyl (C=O) groups is 14. The van der Waals surface area contributed by atoms with Crippen molar-refractivity contribution < 1.29 is 180 Å². The van der Waals surface area contributed by atoms with Gasteiger partial charge >= 0.3 is 83.8 Å². The van der Waals surface area contributed by atoms with E-state index in [0.717, 1.165) is 80.4 Å². The van der Waals surface area contributed by atoms with Gasteiger partial charge in [0, 0.05) is 105 Å². The van der Waals surface area contributed by atoms with Crippen LogP contribution in [0.2, 0.25) is 0 Å². The maximum absolute atomic E-state index is 12.4. The van der Waals surface area contributed by atoms with E-state index in [1.807, 2.05) is 12.1 Å². The molecule has 38 heteroatoms. The number of hydrogen-bond acceptors (Lipinski definition) is 36. The van der Waals surface area contributed by atoms with E-state index in [1.54, 1.807) is 69.3 Å². The summed E-state index contributed by atoms with van der Waals surface area (Å²) in [5.41, 5.74) is 7.47. The van der Waals surface area contributed by atoms with Crippen molar-refractivity contribution in [2.75, 3.05) is 33.0 Å². The minimum Gasteiger partial charge on any atom is -0.462 e. The zero-order valence-electron chi connectivity index (χ0n) is 71.7. The highest BCUT2D eigenvalue weighted by Gasteiger charge is 2.45. The Balaban J connectivity index is -0.000000219. The number of carbonyl (C=O) groups excluding carboxylic acids is 15. The molecule has 0 radical (unpaired) electrons. The highest BCUT2D eigenvalue weighted by Crippen LogP contribution is 2.24. The molecule has 0 saturated heterocycles. The van der Waals surface area contributed by atoms with Crippen molar-refractivity contribution in [1.29, 1.82) is 0 Å². The second-order valence-electron chi connectivity index (χ2n) is 22.5. The van der Waals surface area contributed by atoms with Crippen molar-refractivity contribution >= 4 is 89.9 Å². The molecule has 0 aliphatic carbocycles. The molecule has 2 aromatic carbocycles. The summed E-state index contributed by atoms with van der Waals surface area (Å²) in [6.45, 7) is 15.9. The fourth-order valence-electron chi connectivity index (χ4n) is 8.94. The molecule has 0 unspecified atom stereocenters. The molecule has 9 N–H and O–H groups in total. The van der Waals surface area contributed by atoms with Crippen LogP contribution in [-0.2, 0) is 142 Å². The summed E-state index contributed by atoms with van der Waals surface area (Å²) >= 11 is 0. The van der Waals surface area contributed by atoms with Crippen LogP contribution < -0.4 is 16.4 Å². The van der Waals surface area contributed by atoms with Crippen LogP contribution in [0.5, 0.6) is 0 Å². The van der Waals surface area contributed by atoms with Crippen LogP contribution in [0.1, 0.15) is 151 Å². The Morgan fingerprint density at radius 1 is 0.406 bits per heavy atom. The second kappa shape index (κ2) is 54.4. The van der Waals surface area contributed by atoms with E-state index in [4.69, 9.17) is 97.1 Å². The molecule has 0 saturated carbocycles. The fraction of sp³-hybridized carbons (Fsp3) is 0.603. The molecule has 2 rings (SSSR count). The van der Waals surface area contributed by atoms with Gasteiger partial charge in [-0.15, -0.1) is 0 Å². The van der Waals surface area contributed by atoms with Crippen LogP contribution in [0.4, 0.5) is 9.59 Å². The van der Waals surface area contributed by atoms with E-state index >= 15 is 0 Å². The number of amides is 2. The van der Waals surface area contributed by atoms with Gasteiger partial charge in [0.25, 0.3) is 0 Å². The van der Waals surface area contributed by atoms with Gasteiger partial charge in [0.05, 0.1) is 25.3 Å². The molecule has 0 aliphatic heterocycles. The van der Waals surface area contributed by atoms with Gasteiger partial charge < -0.3 is 108 Å². The maximum Gasteiger partial charge on any atom is 0.407 e. The van der Waals surface area contributed by atoms with Crippen molar-refractivity contribution in [3.63, 3.8) is 0 Å². The lowest BCUT2D eigenvalue weighted by atomic mass is 9.98. The molecule has 0 heterocycles. The van der Waals surface area contributed by atoms with Gasteiger partial charge in [0.15, 0.2) is 54.9 Å². The summed E-state index contributed by atoms with van der Waals surface area (Å²) in [5, 5.41) is 51.2. The van der Waals surface area contributed by atoms with Crippen LogP contribution in [0.25, 0.3) is 0 Å². The maximum atomic E-state index is 12.4. The van der Waals surface area contributed by atoms with Crippen molar-refractivity contribution in [3.05, 3.63) is 71.8 Å². The third kappa shape index (κ3) is 43.8. The number of nitrogens with zero attached hydrogens (tertiary/aromatic N) is 1. The Labute approximate surface area is 628 Å². The van der Waals surface area contributed by atoms with Gasteiger partial charge in [-0.05, 0) is 30.4 Å². The number of aliphatic imine (C=N–C) groups is 1. The Hall–Kier alpha value is -10.2. The Kier molecular flexibility index (Phi) is 45.2. The van der Waals surface area contributed by atoms with Crippen LogP contribution in [-0.4, -0.2) is 246 Å². The number of rotatable bonds is 39. The van der Waals surface area contributed by atoms with Gasteiger partial charge in [-0.3, -0.25) is 57.5 Å². The van der Waals surface area contributed by atoms with Crippen LogP contribution >= 0.6 is 0 Å². The van der Waals surface area contributed by atoms with E-state index in [-0.39, 0.29) is 34.1 Å². The first kappa shape index (κ1) is 88.2. The van der Waals surface area contributed by atoms with Gasteiger partial charge in [-0.25, -0.2) is 14.4 Å². The van der Waals surface area contributed by atoms with Gasteiger partial charge in [-0.2, -0.15) is 4.99 Å². The number of alkyl carbamates (subject to hydrolysis) is 2. The summed E-state index contributed by atoms with van der Waals surface area (Å²) in [5.74, 6) is -8.48. The van der Waals surface area contributed by atoms with Crippen molar-refractivity contribution in [1.82, 2.24) is 10.6 Å². The molecule has 38 nitrogen and oxygen atoms in total. The van der Waals surface area contributed by atoms with Crippen LogP contribution in [0, 0.1) is 0 Å². The third-order valence-electron chi connectivity index (χ3n) is 13.5. The molecule has 0 aliphatic rings. The minimum absolute atomic E-state index is 0. The molecule has 0 aromatic heterocycles. The minimum atomic E-state index is -1.73. The first-order chi connectivity index (χ1) is 54.7. The fourth-order valence-corrected chi connectivity index (χ4v) is 8.94. The summed E-state index contributed by atoms with van der Waals surface area (Å²) in [7, 11) is 0. The largest absolute Gasteiger partial charge is 0.462 e. The second-order valence-corrected chi connectivity index (χ2v) is 22.5. The molecular weight excluding hydrogens is 1420 g/mol. The van der Waals surface area contributed by atoms with E-state index in [1.165, 1.54) is 19.9 Å². The van der Waals surface area contributed by atoms with E-state index < -0.39 is 208 Å². The third-order valence-corrected chi connectivity index (χ3v) is 13.5. The average molecular weight is 1540 g/mol. The van der Waals surface area contributed by atoms with Crippen LogP contribution in [0.3, 0.4) is 0 Å². The highest BCUT2D eigenvalue weighted by molar-refractivity contribution is 5.72. The highest BCUT2D eigenvalue weighted by atomic mass is 16.7. The summed E-state index contributed by atoms with van der Waals surface area (Å²) in [6.07, 6.45) is -15.9. The topological polar surface area (TPSA) is 549 Å². The monoisotopic (exact) mass is 1540 g/mol. The number of ether oxygens (including phenoxy) is 14. The Bertz CT molecular complexity index is 3170. The number of aliphatic hydroxyl groups is 5. The first-order valence-electron chi connectivity index (χ1n) is 37.7. The van der Waals surface area contributed by atoms with E-state index in [9.17, 15) is 87.2 Å². The molecule has 0 fully saturated rings. The summed E-state index contributed by atoms with van der Waals surface area (Å²) in [4.78, 5) is 176. The van der Waals surface area contributed by atoms with Gasteiger partial charge in [0.2, 0.25) is 6.08 Å². The van der Waals surface area contributed by atoms with Crippen molar-refractivity contribution in [3.8, 4) is 0 Å². The number of benzene rings is 2. The normalized spacial score (nSPS) is 15.3. The van der Waals surface area contributed by atoms with Crippen molar-refractivity contribution in [2.45, 2.75) is 234 Å². The first-order valence-corrected chi connectivity index (χ1v) is 32.7. The standard InChI is InChI=1S/C23H31NO10.C16H23NO9.C15H25NO8.C14H21NO7.6H2/c1-6-19(24-23(29)31-12-18-10-8-7-9-11-18)21(33-16(4)27)22(34-17(5)28)20(32-15(3)26)13-30-14(2)25;1-6-13(17-8-18)15(25-11(4)21)16(26-12(5)22)14(24-10(3)20)7-23-9(2)19;1-6-12(16)14(23-10(4)19)15(24-11(5)20)13(22-9(3)18)7-21-8(2)17;16-6-10(12(19)13(20)11(18)7-17)15-14(21)22-8-9-4-2-1-3-5-9;;;;;;/h7-11,19-22H,6,12-13H2,1-5H3,(H,24,29);13-16H,6-7H2,1-5H3;12-15H,6-7,16H2,1-5H3;1-5,10-13,16-20H,6-8H2,(H,15,21);6*1H/t19-,20+,21+,22+;13-,14+,15+,16+;12-,13+,14+,15+;10-,11+,12+,13+;;;;;;/m0000....../s1/i;;;;5*1+1D;1+1.